The molecule has 0 spiro atoms. The van der Waals surface area contributed by atoms with Gasteiger partial charge in [-0.1, -0.05) is 24.3 Å². The van der Waals surface area contributed by atoms with E-state index in [4.69, 9.17) is 0 Å². The van der Waals surface area contributed by atoms with Crippen LogP contribution < -0.4 is 5.32 Å². The second-order valence-electron chi connectivity index (χ2n) is 6.70. The van der Waals surface area contributed by atoms with Crippen molar-refractivity contribution in [2.75, 3.05) is 0 Å². The van der Waals surface area contributed by atoms with E-state index in [2.05, 4.69) is 25.5 Å². The van der Waals surface area contributed by atoms with Crippen LogP contribution in [-0.2, 0) is 6.54 Å². The van der Waals surface area contributed by atoms with Gasteiger partial charge in [-0.05, 0) is 29.8 Å². The van der Waals surface area contributed by atoms with Gasteiger partial charge in [0, 0.05) is 42.3 Å². The first-order chi connectivity index (χ1) is 15.3. The molecule has 8 nitrogen and oxygen atoms in total. The maximum Gasteiger partial charge on any atom is 0.271 e. The van der Waals surface area contributed by atoms with E-state index >= 15 is 0 Å². The summed E-state index contributed by atoms with van der Waals surface area (Å²) in [7, 11) is 0. The monoisotopic (exact) mass is 427 g/mol. The number of aromatic nitrogens is 6. The van der Waals surface area contributed by atoms with Crippen LogP contribution >= 0.6 is 11.3 Å². The molecule has 4 heterocycles. The molecule has 0 aliphatic heterocycles. The third-order valence-corrected chi connectivity index (χ3v) is 5.48. The summed E-state index contributed by atoms with van der Waals surface area (Å²) < 4.78 is 3.47. The van der Waals surface area contributed by atoms with Crippen molar-refractivity contribution in [3.05, 3.63) is 96.2 Å². The van der Waals surface area contributed by atoms with Crippen molar-refractivity contribution in [2.24, 2.45) is 0 Å². The lowest BCUT2D eigenvalue weighted by Gasteiger charge is -2.05. The molecule has 5 rings (SSSR count). The van der Waals surface area contributed by atoms with Crippen molar-refractivity contribution >= 4 is 17.2 Å². The minimum absolute atomic E-state index is 0.228. The van der Waals surface area contributed by atoms with Crippen LogP contribution in [0.5, 0.6) is 0 Å². The lowest BCUT2D eigenvalue weighted by atomic mass is 10.2. The number of hydrogen-bond donors (Lipinski definition) is 1. The van der Waals surface area contributed by atoms with Gasteiger partial charge in [-0.2, -0.15) is 10.2 Å². The number of benzene rings is 1. The Balaban J connectivity index is 1.23. The van der Waals surface area contributed by atoms with Crippen molar-refractivity contribution in [3.8, 4) is 22.1 Å². The highest BCUT2D eigenvalue weighted by atomic mass is 32.1. The van der Waals surface area contributed by atoms with Gasteiger partial charge in [-0.3, -0.25) is 4.79 Å². The number of hydrogen-bond acceptors (Lipinski definition) is 6. The number of nitrogens with one attached hydrogen (secondary N) is 1. The molecule has 31 heavy (non-hydrogen) atoms. The second kappa shape index (κ2) is 8.33. The SMILES string of the molecule is O=C(NCc1ccc(-n2cccn2)nc1)c1csc(-c2cnn(-c3ccccc3)c2)n1. The maximum absolute atomic E-state index is 12.5. The fraction of sp³-hybridized carbons (Fsp3) is 0.0455. The molecule has 5 aromatic rings. The number of nitrogens with zero attached hydrogens (tertiary/aromatic N) is 6. The zero-order valence-electron chi connectivity index (χ0n) is 16.3. The lowest BCUT2D eigenvalue weighted by molar-refractivity contribution is 0.0946. The predicted molar refractivity (Wildman–Crippen MR) is 117 cm³/mol. The fourth-order valence-electron chi connectivity index (χ4n) is 3.00. The third-order valence-electron chi connectivity index (χ3n) is 4.59. The van der Waals surface area contributed by atoms with Gasteiger partial charge in [0.25, 0.3) is 5.91 Å². The molecule has 0 aliphatic rings. The van der Waals surface area contributed by atoms with E-state index in [1.165, 1.54) is 11.3 Å². The van der Waals surface area contributed by atoms with Crippen LogP contribution in [0.1, 0.15) is 16.1 Å². The number of carbonyl (C=O) groups is 1. The molecule has 1 amide bonds. The molecular weight excluding hydrogens is 410 g/mol. The molecule has 1 N–H and O–H groups in total. The smallest absolute Gasteiger partial charge is 0.271 e. The third kappa shape index (κ3) is 4.12. The molecule has 0 fully saturated rings. The minimum Gasteiger partial charge on any atom is -0.347 e. The highest BCUT2D eigenvalue weighted by molar-refractivity contribution is 7.13. The number of pyridine rings is 1. The molecule has 0 bridgehead atoms. The van der Waals surface area contributed by atoms with Gasteiger partial charge in [-0.15, -0.1) is 11.3 Å². The van der Waals surface area contributed by atoms with E-state index in [0.717, 1.165) is 27.6 Å². The summed E-state index contributed by atoms with van der Waals surface area (Å²) in [5, 5.41) is 13.9. The number of carbonyl (C=O) groups excluding carboxylic acids is 1. The Hall–Kier alpha value is -4.11. The summed E-state index contributed by atoms with van der Waals surface area (Å²) in [5.74, 6) is 0.495. The first-order valence-corrected chi connectivity index (χ1v) is 10.4. The zero-order chi connectivity index (χ0) is 21.0. The summed E-state index contributed by atoms with van der Waals surface area (Å²) in [5.41, 5.74) is 3.11. The van der Waals surface area contributed by atoms with E-state index in [-0.39, 0.29) is 5.91 Å². The van der Waals surface area contributed by atoms with E-state index in [1.807, 2.05) is 60.9 Å². The molecule has 9 heteroatoms. The largest absolute Gasteiger partial charge is 0.347 e. The van der Waals surface area contributed by atoms with Crippen LogP contribution in [0, 0.1) is 0 Å². The number of amides is 1. The first kappa shape index (κ1) is 18.9. The van der Waals surface area contributed by atoms with Crippen LogP contribution in [0.4, 0.5) is 0 Å². The molecule has 0 aliphatic carbocycles. The Morgan fingerprint density at radius 2 is 1.90 bits per heavy atom. The molecule has 152 valence electrons. The van der Waals surface area contributed by atoms with Crippen molar-refractivity contribution in [2.45, 2.75) is 6.54 Å². The van der Waals surface area contributed by atoms with E-state index in [9.17, 15) is 4.79 Å². The number of thiazole rings is 1. The Morgan fingerprint density at radius 1 is 1.00 bits per heavy atom. The summed E-state index contributed by atoms with van der Waals surface area (Å²) in [6.45, 7) is 0.365. The molecule has 4 aromatic heterocycles. The van der Waals surface area contributed by atoms with Gasteiger partial charge in [0.2, 0.25) is 0 Å². The van der Waals surface area contributed by atoms with Gasteiger partial charge in [-0.25, -0.2) is 19.3 Å². The Morgan fingerprint density at radius 3 is 2.68 bits per heavy atom. The highest BCUT2D eigenvalue weighted by Crippen LogP contribution is 2.24. The van der Waals surface area contributed by atoms with Crippen LogP contribution in [0.15, 0.2) is 84.9 Å². The summed E-state index contributed by atoms with van der Waals surface area (Å²) in [6.07, 6.45) is 8.91. The molecule has 0 saturated carbocycles. The predicted octanol–water partition coefficient (Wildman–Crippen LogP) is 3.51. The molecule has 0 atom stereocenters. The average molecular weight is 427 g/mol. The standard InChI is InChI=1S/C22H17N7OS/c30-21(24-12-16-7-8-20(23-11-16)28-10-4-9-25-28)19-15-31-22(27-19)17-13-26-29(14-17)18-5-2-1-3-6-18/h1-11,13-15H,12H2,(H,24,30). The summed E-state index contributed by atoms with van der Waals surface area (Å²) in [6, 6.07) is 15.5. The molecule has 0 radical (unpaired) electrons. The molecular formula is C22H17N7OS. The Bertz CT molecular complexity index is 1290. The summed E-state index contributed by atoms with van der Waals surface area (Å²) in [4.78, 5) is 21.4. The van der Waals surface area contributed by atoms with Gasteiger partial charge < -0.3 is 5.32 Å². The van der Waals surface area contributed by atoms with E-state index in [0.29, 0.717) is 12.2 Å². The normalized spacial score (nSPS) is 10.8. The number of rotatable bonds is 6. The van der Waals surface area contributed by atoms with Gasteiger partial charge in [0.05, 0.1) is 11.9 Å². The van der Waals surface area contributed by atoms with Gasteiger partial charge in [0.1, 0.15) is 10.7 Å². The Labute approximate surface area is 181 Å². The first-order valence-electron chi connectivity index (χ1n) is 9.55. The highest BCUT2D eigenvalue weighted by Gasteiger charge is 2.13. The fourth-order valence-corrected chi connectivity index (χ4v) is 3.78. The van der Waals surface area contributed by atoms with Gasteiger partial charge in [0.15, 0.2) is 5.82 Å². The van der Waals surface area contributed by atoms with Crippen molar-refractivity contribution in [1.29, 1.82) is 0 Å². The lowest BCUT2D eigenvalue weighted by Crippen LogP contribution is -2.23. The van der Waals surface area contributed by atoms with Crippen LogP contribution in [0.25, 0.3) is 22.1 Å². The van der Waals surface area contributed by atoms with Crippen molar-refractivity contribution < 1.29 is 4.79 Å². The van der Waals surface area contributed by atoms with Gasteiger partial charge >= 0.3 is 0 Å². The Kier molecular flexibility index (Phi) is 5.07. The molecule has 0 saturated heterocycles. The van der Waals surface area contributed by atoms with Crippen LogP contribution in [-0.4, -0.2) is 35.4 Å². The quantitative estimate of drug-likeness (QED) is 0.448. The second-order valence-corrected chi connectivity index (χ2v) is 7.56. The maximum atomic E-state index is 12.5. The van der Waals surface area contributed by atoms with E-state index in [1.54, 1.807) is 33.3 Å². The molecule has 1 aromatic carbocycles. The van der Waals surface area contributed by atoms with Crippen molar-refractivity contribution in [1.82, 2.24) is 34.8 Å². The van der Waals surface area contributed by atoms with Crippen LogP contribution in [0.2, 0.25) is 0 Å². The topological polar surface area (TPSA) is 90.5 Å². The minimum atomic E-state index is -0.228. The average Bonchev–Trinajstić information content (AvgIpc) is 3.59. The van der Waals surface area contributed by atoms with E-state index < -0.39 is 0 Å². The number of para-hydroxylation sites is 1. The van der Waals surface area contributed by atoms with Crippen LogP contribution in [0.3, 0.4) is 0 Å². The van der Waals surface area contributed by atoms with Crippen molar-refractivity contribution in [3.63, 3.8) is 0 Å². The zero-order valence-corrected chi connectivity index (χ0v) is 17.1. The molecule has 0 unspecified atom stereocenters. The summed E-state index contributed by atoms with van der Waals surface area (Å²) >= 11 is 1.41.